The summed E-state index contributed by atoms with van der Waals surface area (Å²) in [6, 6.07) is 12.4. The van der Waals surface area contributed by atoms with Crippen LogP contribution in [0.2, 0.25) is 0 Å². The molecule has 2 rings (SSSR count). The molecule has 24 heavy (non-hydrogen) atoms. The number of likely N-dealkylation sites (N-methyl/N-ethyl adjacent to an activating group) is 1. The Morgan fingerprint density at radius 2 is 1.79 bits per heavy atom. The van der Waals surface area contributed by atoms with Gasteiger partial charge >= 0.3 is 0 Å². The largest absolute Gasteiger partial charge is 0.493 e. The SMILES string of the molecule is CNC(Cc1ccccc1[N+](=O)[O-])c1ccc(OC)c(OC)c1.Cl. The number of ether oxygens (including phenoxy) is 2. The summed E-state index contributed by atoms with van der Waals surface area (Å²) in [6.07, 6.45) is 0.503. The summed E-state index contributed by atoms with van der Waals surface area (Å²) in [7, 11) is 4.99. The first-order valence-corrected chi connectivity index (χ1v) is 7.22. The summed E-state index contributed by atoms with van der Waals surface area (Å²) < 4.78 is 10.6. The van der Waals surface area contributed by atoms with Gasteiger partial charge in [0.15, 0.2) is 11.5 Å². The maximum absolute atomic E-state index is 11.2. The van der Waals surface area contributed by atoms with Gasteiger partial charge < -0.3 is 14.8 Å². The highest BCUT2D eigenvalue weighted by molar-refractivity contribution is 5.85. The zero-order chi connectivity index (χ0) is 16.8. The molecule has 0 aliphatic heterocycles. The molecule has 0 spiro atoms. The van der Waals surface area contributed by atoms with Gasteiger partial charge in [0.2, 0.25) is 0 Å². The number of halogens is 1. The van der Waals surface area contributed by atoms with Crippen molar-refractivity contribution < 1.29 is 14.4 Å². The van der Waals surface area contributed by atoms with E-state index in [4.69, 9.17) is 9.47 Å². The molecule has 0 aliphatic rings. The molecule has 0 bridgehead atoms. The van der Waals surface area contributed by atoms with Crippen LogP contribution in [0, 0.1) is 10.1 Å². The van der Waals surface area contributed by atoms with E-state index in [1.807, 2.05) is 31.3 Å². The molecule has 1 atom stereocenters. The Labute approximate surface area is 147 Å². The molecule has 6 nitrogen and oxygen atoms in total. The number of nitro groups is 1. The Balaban J connectivity index is 0.00000288. The van der Waals surface area contributed by atoms with E-state index in [2.05, 4.69) is 5.32 Å². The molecule has 0 saturated heterocycles. The van der Waals surface area contributed by atoms with E-state index < -0.39 is 0 Å². The minimum atomic E-state index is -0.351. The van der Waals surface area contributed by atoms with Gasteiger partial charge in [0.05, 0.1) is 19.1 Å². The number of benzene rings is 2. The highest BCUT2D eigenvalue weighted by Gasteiger charge is 2.19. The molecule has 0 aliphatic carbocycles. The second kappa shape index (κ2) is 9.10. The smallest absolute Gasteiger partial charge is 0.272 e. The first kappa shape index (κ1) is 19.7. The van der Waals surface area contributed by atoms with Gasteiger partial charge in [0.1, 0.15) is 0 Å². The van der Waals surface area contributed by atoms with Gasteiger partial charge in [-0.3, -0.25) is 10.1 Å². The molecule has 130 valence electrons. The van der Waals surface area contributed by atoms with Gasteiger partial charge in [0, 0.05) is 17.7 Å². The molecule has 1 N–H and O–H groups in total. The molecular formula is C17H21ClN2O4. The van der Waals surface area contributed by atoms with E-state index in [0.29, 0.717) is 23.5 Å². The Morgan fingerprint density at radius 3 is 2.38 bits per heavy atom. The fourth-order valence-corrected chi connectivity index (χ4v) is 2.54. The first-order valence-electron chi connectivity index (χ1n) is 7.22. The van der Waals surface area contributed by atoms with Gasteiger partial charge in [-0.25, -0.2) is 0 Å². The molecule has 7 heteroatoms. The average Bonchev–Trinajstić information content (AvgIpc) is 2.59. The van der Waals surface area contributed by atoms with Crippen molar-refractivity contribution in [1.82, 2.24) is 5.32 Å². The van der Waals surface area contributed by atoms with Crippen LogP contribution in [0.4, 0.5) is 5.69 Å². The standard InChI is InChI=1S/C17H20N2O4.ClH/c1-18-14(10-13-6-4-5-7-15(13)19(20)21)12-8-9-16(22-2)17(11-12)23-3;/h4-9,11,14,18H,10H2,1-3H3;1H. The number of nitrogens with zero attached hydrogens (tertiary/aromatic N) is 1. The maximum Gasteiger partial charge on any atom is 0.272 e. The van der Waals surface area contributed by atoms with E-state index in [0.717, 1.165) is 5.56 Å². The van der Waals surface area contributed by atoms with Crippen LogP contribution in [0.1, 0.15) is 17.2 Å². The van der Waals surface area contributed by atoms with Crippen molar-refractivity contribution in [2.24, 2.45) is 0 Å². The van der Waals surface area contributed by atoms with Crippen molar-refractivity contribution in [2.75, 3.05) is 21.3 Å². The van der Waals surface area contributed by atoms with Crippen LogP contribution < -0.4 is 14.8 Å². The van der Waals surface area contributed by atoms with Crippen LogP contribution in [-0.2, 0) is 6.42 Å². The van der Waals surface area contributed by atoms with Gasteiger partial charge in [0.25, 0.3) is 5.69 Å². The van der Waals surface area contributed by atoms with Crippen molar-refractivity contribution in [3.63, 3.8) is 0 Å². The zero-order valence-corrected chi connectivity index (χ0v) is 14.6. The van der Waals surface area contributed by atoms with Gasteiger partial charge in [-0.1, -0.05) is 24.3 Å². The van der Waals surface area contributed by atoms with Crippen molar-refractivity contribution in [2.45, 2.75) is 12.5 Å². The number of nitrogens with one attached hydrogen (secondary N) is 1. The van der Waals surface area contributed by atoms with Gasteiger partial charge in [-0.05, 0) is 31.2 Å². The molecule has 0 fully saturated rings. The summed E-state index contributed by atoms with van der Waals surface area (Å²) in [5, 5.41) is 14.4. The number of hydrogen-bond acceptors (Lipinski definition) is 5. The molecule has 1 unspecified atom stereocenters. The topological polar surface area (TPSA) is 73.6 Å². The number of nitro benzene ring substituents is 1. The summed E-state index contributed by atoms with van der Waals surface area (Å²) in [5.74, 6) is 1.28. The van der Waals surface area contributed by atoms with Crippen LogP contribution in [0.5, 0.6) is 11.5 Å². The van der Waals surface area contributed by atoms with E-state index in [1.165, 1.54) is 6.07 Å². The molecule has 2 aromatic rings. The highest BCUT2D eigenvalue weighted by atomic mass is 35.5. The lowest BCUT2D eigenvalue weighted by atomic mass is 9.97. The van der Waals surface area contributed by atoms with E-state index in [9.17, 15) is 10.1 Å². The summed E-state index contributed by atoms with van der Waals surface area (Å²) in [4.78, 5) is 10.8. The van der Waals surface area contributed by atoms with Crippen LogP contribution in [-0.4, -0.2) is 26.2 Å². The molecule has 0 aromatic heterocycles. The predicted molar refractivity (Wildman–Crippen MR) is 95.4 cm³/mol. The molecular weight excluding hydrogens is 332 g/mol. The monoisotopic (exact) mass is 352 g/mol. The van der Waals surface area contributed by atoms with Crippen LogP contribution >= 0.6 is 12.4 Å². The first-order chi connectivity index (χ1) is 11.1. The van der Waals surface area contributed by atoms with E-state index in [1.54, 1.807) is 26.4 Å². The number of para-hydroxylation sites is 1. The number of rotatable bonds is 7. The summed E-state index contributed by atoms with van der Waals surface area (Å²) >= 11 is 0. The Kier molecular flexibility index (Phi) is 7.48. The molecule has 0 radical (unpaired) electrons. The normalized spacial score (nSPS) is 11.3. The fraction of sp³-hybridized carbons (Fsp3) is 0.294. The van der Waals surface area contributed by atoms with Gasteiger partial charge in [-0.15, -0.1) is 12.4 Å². The highest BCUT2D eigenvalue weighted by Crippen LogP contribution is 2.32. The average molecular weight is 353 g/mol. The van der Waals surface area contributed by atoms with Crippen molar-refractivity contribution in [3.05, 3.63) is 63.7 Å². The van der Waals surface area contributed by atoms with Gasteiger partial charge in [-0.2, -0.15) is 0 Å². The van der Waals surface area contributed by atoms with Crippen molar-refractivity contribution >= 4 is 18.1 Å². The van der Waals surface area contributed by atoms with E-state index in [-0.39, 0.29) is 29.1 Å². The summed E-state index contributed by atoms with van der Waals surface area (Å²) in [6.45, 7) is 0. The molecule has 2 aromatic carbocycles. The maximum atomic E-state index is 11.2. The third kappa shape index (κ3) is 4.37. The quantitative estimate of drug-likeness (QED) is 0.609. The minimum Gasteiger partial charge on any atom is -0.493 e. The number of hydrogen-bond donors (Lipinski definition) is 1. The number of methoxy groups -OCH3 is 2. The Hall–Kier alpha value is -2.31. The zero-order valence-electron chi connectivity index (χ0n) is 13.8. The lowest BCUT2D eigenvalue weighted by molar-refractivity contribution is -0.385. The van der Waals surface area contributed by atoms with Crippen LogP contribution in [0.15, 0.2) is 42.5 Å². The molecule has 0 heterocycles. The molecule has 0 amide bonds. The third-order valence-electron chi connectivity index (χ3n) is 3.77. The predicted octanol–water partition coefficient (Wildman–Crippen LogP) is 3.54. The van der Waals surface area contributed by atoms with Crippen LogP contribution in [0.3, 0.4) is 0 Å². The second-order valence-electron chi connectivity index (χ2n) is 5.05. The van der Waals surface area contributed by atoms with Crippen molar-refractivity contribution in [1.29, 1.82) is 0 Å². The fourth-order valence-electron chi connectivity index (χ4n) is 2.54. The summed E-state index contributed by atoms with van der Waals surface area (Å²) in [5.41, 5.74) is 1.79. The van der Waals surface area contributed by atoms with Crippen molar-refractivity contribution in [3.8, 4) is 11.5 Å². The molecule has 0 saturated carbocycles. The van der Waals surface area contributed by atoms with Crippen LogP contribution in [0.25, 0.3) is 0 Å². The third-order valence-corrected chi connectivity index (χ3v) is 3.77. The second-order valence-corrected chi connectivity index (χ2v) is 5.05. The minimum absolute atomic E-state index is 0. The lowest BCUT2D eigenvalue weighted by Crippen LogP contribution is -2.19. The lowest BCUT2D eigenvalue weighted by Gasteiger charge is -2.18. The Bertz CT molecular complexity index is 694. The Morgan fingerprint density at radius 1 is 1.12 bits per heavy atom. The van der Waals surface area contributed by atoms with E-state index >= 15 is 0 Å².